The molecule has 17 heavy (non-hydrogen) atoms. The average Bonchev–Trinajstić information content (AvgIpc) is 2.28. The monoisotopic (exact) mass is 253 g/mol. The minimum atomic E-state index is 0.253. The zero-order chi connectivity index (χ0) is 12.4. The Bertz CT molecular complexity index is 374. The summed E-state index contributed by atoms with van der Waals surface area (Å²) in [7, 11) is 0. The standard InChI is InChI=1S/C14H20ClNO/c1-9-6-7-11(8-10(9)2)17-14-12(15)4-3-5-13(14)16/h3-5,9-11H,6-8,16H2,1-2H3. The third kappa shape index (κ3) is 2.86. The molecule has 3 heteroatoms. The number of hydrogen-bond acceptors (Lipinski definition) is 2. The van der Waals surface area contributed by atoms with E-state index in [-0.39, 0.29) is 6.10 Å². The summed E-state index contributed by atoms with van der Waals surface area (Å²) in [5.74, 6) is 2.15. The molecule has 2 rings (SSSR count). The topological polar surface area (TPSA) is 35.2 Å². The summed E-state index contributed by atoms with van der Waals surface area (Å²) >= 11 is 6.11. The van der Waals surface area contributed by atoms with Gasteiger partial charge in [-0.15, -0.1) is 0 Å². The van der Waals surface area contributed by atoms with Crippen LogP contribution in [0.5, 0.6) is 5.75 Å². The van der Waals surface area contributed by atoms with E-state index in [9.17, 15) is 0 Å². The molecule has 0 aliphatic heterocycles. The second-order valence-electron chi connectivity index (χ2n) is 5.17. The predicted molar refractivity (Wildman–Crippen MR) is 72.5 cm³/mol. The van der Waals surface area contributed by atoms with Crippen LogP contribution in [0.2, 0.25) is 5.02 Å². The molecule has 0 amide bonds. The van der Waals surface area contributed by atoms with Crippen LogP contribution in [0.4, 0.5) is 5.69 Å². The highest BCUT2D eigenvalue weighted by molar-refractivity contribution is 6.32. The van der Waals surface area contributed by atoms with E-state index in [1.165, 1.54) is 6.42 Å². The maximum absolute atomic E-state index is 6.11. The van der Waals surface area contributed by atoms with Crippen molar-refractivity contribution in [2.75, 3.05) is 5.73 Å². The molecule has 0 heterocycles. The quantitative estimate of drug-likeness (QED) is 0.805. The van der Waals surface area contributed by atoms with E-state index in [0.29, 0.717) is 22.4 Å². The Labute approximate surface area is 108 Å². The third-order valence-electron chi connectivity index (χ3n) is 3.83. The van der Waals surface area contributed by atoms with Crippen molar-refractivity contribution in [1.82, 2.24) is 0 Å². The molecule has 3 atom stereocenters. The fourth-order valence-corrected chi connectivity index (χ4v) is 2.65. The molecule has 2 N–H and O–H groups in total. The van der Waals surface area contributed by atoms with Gasteiger partial charge in [-0.3, -0.25) is 0 Å². The summed E-state index contributed by atoms with van der Waals surface area (Å²) in [6, 6.07) is 5.49. The molecule has 0 radical (unpaired) electrons. The molecule has 94 valence electrons. The Morgan fingerprint density at radius 2 is 2.00 bits per heavy atom. The maximum atomic E-state index is 6.11. The van der Waals surface area contributed by atoms with Crippen molar-refractivity contribution in [3.8, 4) is 5.75 Å². The summed E-state index contributed by atoms with van der Waals surface area (Å²) in [5, 5.41) is 0.608. The van der Waals surface area contributed by atoms with Gasteiger partial charge in [-0.2, -0.15) is 0 Å². The molecule has 1 aromatic rings. The van der Waals surface area contributed by atoms with Crippen LogP contribution in [0.25, 0.3) is 0 Å². The predicted octanol–water partition coefficient (Wildman–Crippen LogP) is 4.13. The van der Waals surface area contributed by atoms with Crippen molar-refractivity contribution in [1.29, 1.82) is 0 Å². The fourth-order valence-electron chi connectivity index (χ4n) is 2.42. The number of hydrogen-bond donors (Lipinski definition) is 1. The number of para-hydroxylation sites is 1. The molecule has 3 unspecified atom stereocenters. The summed E-state index contributed by atoms with van der Waals surface area (Å²) in [4.78, 5) is 0. The Kier molecular flexibility index (Phi) is 3.82. The number of nitrogen functional groups attached to an aromatic ring is 1. The number of ether oxygens (including phenoxy) is 1. The van der Waals surface area contributed by atoms with Crippen molar-refractivity contribution in [3.05, 3.63) is 23.2 Å². The summed E-state index contributed by atoms with van der Waals surface area (Å²) in [5.41, 5.74) is 6.52. The first-order valence-electron chi connectivity index (χ1n) is 6.28. The number of benzene rings is 1. The van der Waals surface area contributed by atoms with Gasteiger partial charge in [0.15, 0.2) is 5.75 Å². The highest BCUT2D eigenvalue weighted by atomic mass is 35.5. The van der Waals surface area contributed by atoms with Gasteiger partial charge >= 0.3 is 0 Å². The number of rotatable bonds is 2. The van der Waals surface area contributed by atoms with Gasteiger partial charge in [-0.05, 0) is 43.2 Å². The Hall–Kier alpha value is -0.890. The first kappa shape index (κ1) is 12.6. The van der Waals surface area contributed by atoms with E-state index in [1.807, 2.05) is 18.2 Å². The van der Waals surface area contributed by atoms with Crippen LogP contribution >= 0.6 is 11.6 Å². The summed E-state index contributed by atoms with van der Waals surface area (Å²) in [6.07, 6.45) is 3.65. The lowest BCUT2D eigenvalue weighted by Crippen LogP contribution is -2.29. The first-order chi connectivity index (χ1) is 8.08. The molecule has 0 bridgehead atoms. The van der Waals surface area contributed by atoms with Crippen LogP contribution in [-0.2, 0) is 0 Å². The van der Waals surface area contributed by atoms with Crippen LogP contribution in [-0.4, -0.2) is 6.10 Å². The molecule has 1 aliphatic rings. The van der Waals surface area contributed by atoms with Gasteiger partial charge in [-0.25, -0.2) is 0 Å². The van der Waals surface area contributed by atoms with Gasteiger partial charge in [0.2, 0.25) is 0 Å². The molecule has 1 fully saturated rings. The molecule has 1 aromatic carbocycles. The van der Waals surface area contributed by atoms with E-state index in [1.54, 1.807) is 0 Å². The summed E-state index contributed by atoms with van der Waals surface area (Å²) < 4.78 is 5.98. The van der Waals surface area contributed by atoms with E-state index < -0.39 is 0 Å². The second kappa shape index (κ2) is 5.18. The Morgan fingerprint density at radius 3 is 2.65 bits per heavy atom. The molecular weight excluding hydrogens is 234 g/mol. The maximum Gasteiger partial charge on any atom is 0.161 e. The highest BCUT2D eigenvalue weighted by Crippen LogP contribution is 2.36. The smallest absolute Gasteiger partial charge is 0.161 e. The number of nitrogens with two attached hydrogens (primary N) is 1. The Morgan fingerprint density at radius 1 is 1.24 bits per heavy atom. The van der Waals surface area contributed by atoms with Gasteiger partial charge in [0.1, 0.15) is 0 Å². The third-order valence-corrected chi connectivity index (χ3v) is 4.13. The fraction of sp³-hybridized carbons (Fsp3) is 0.571. The minimum absolute atomic E-state index is 0.253. The van der Waals surface area contributed by atoms with Crippen molar-refractivity contribution in [3.63, 3.8) is 0 Å². The van der Waals surface area contributed by atoms with Crippen LogP contribution in [0, 0.1) is 11.8 Å². The van der Waals surface area contributed by atoms with Crippen molar-refractivity contribution >= 4 is 17.3 Å². The van der Waals surface area contributed by atoms with Gasteiger partial charge in [-0.1, -0.05) is 31.5 Å². The lowest BCUT2D eigenvalue weighted by molar-refractivity contribution is 0.101. The van der Waals surface area contributed by atoms with Crippen LogP contribution in [0.1, 0.15) is 33.1 Å². The lowest BCUT2D eigenvalue weighted by Gasteiger charge is -2.32. The van der Waals surface area contributed by atoms with Gasteiger partial charge in [0.25, 0.3) is 0 Å². The Balaban J connectivity index is 2.06. The highest BCUT2D eigenvalue weighted by Gasteiger charge is 2.26. The normalized spacial score (nSPS) is 29.0. The van der Waals surface area contributed by atoms with E-state index in [0.717, 1.165) is 18.8 Å². The zero-order valence-electron chi connectivity index (χ0n) is 10.4. The van der Waals surface area contributed by atoms with Gasteiger partial charge in [0, 0.05) is 0 Å². The average molecular weight is 254 g/mol. The number of halogens is 1. The molecule has 0 aromatic heterocycles. The second-order valence-corrected chi connectivity index (χ2v) is 5.57. The van der Waals surface area contributed by atoms with Crippen molar-refractivity contribution in [2.45, 2.75) is 39.2 Å². The van der Waals surface area contributed by atoms with Crippen LogP contribution in [0.15, 0.2) is 18.2 Å². The molecule has 0 saturated heterocycles. The van der Waals surface area contributed by atoms with Gasteiger partial charge < -0.3 is 10.5 Å². The lowest BCUT2D eigenvalue weighted by atomic mass is 9.80. The molecule has 1 aliphatic carbocycles. The van der Waals surface area contributed by atoms with E-state index in [4.69, 9.17) is 22.1 Å². The largest absolute Gasteiger partial charge is 0.487 e. The molecule has 1 saturated carbocycles. The SMILES string of the molecule is CC1CCC(Oc2c(N)cccc2Cl)CC1C. The molecule has 2 nitrogen and oxygen atoms in total. The summed E-state index contributed by atoms with van der Waals surface area (Å²) in [6.45, 7) is 4.60. The molecular formula is C14H20ClNO. The van der Waals surface area contributed by atoms with Crippen LogP contribution in [0.3, 0.4) is 0 Å². The molecule has 0 spiro atoms. The van der Waals surface area contributed by atoms with E-state index in [2.05, 4.69) is 13.8 Å². The van der Waals surface area contributed by atoms with Crippen molar-refractivity contribution in [2.24, 2.45) is 11.8 Å². The first-order valence-corrected chi connectivity index (χ1v) is 6.66. The van der Waals surface area contributed by atoms with Gasteiger partial charge in [0.05, 0.1) is 16.8 Å². The minimum Gasteiger partial charge on any atom is -0.487 e. The van der Waals surface area contributed by atoms with Crippen molar-refractivity contribution < 1.29 is 4.74 Å². The number of anilines is 1. The van der Waals surface area contributed by atoms with E-state index >= 15 is 0 Å². The van der Waals surface area contributed by atoms with Crippen LogP contribution < -0.4 is 10.5 Å². The zero-order valence-corrected chi connectivity index (χ0v) is 11.2.